The molecular formula is C62H36O2. The molecule has 14 rings (SSSR count). The topological polar surface area (TPSA) is 26.3 Å². The molecule has 0 fully saturated rings. The van der Waals surface area contributed by atoms with Gasteiger partial charge in [0.15, 0.2) is 0 Å². The van der Waals surface area contributed by atoms with Gasteiger partial charge in [-0.1, -0.05) is 176 Å². The second kappa shape index (κ2) is 13.5. The number of fused-ring (bicyclic) bond motifs is 11. The SMILES string of the molecule is c1ccc(-c2c3ccccc3c(-c3ccc4oc5cccc(-c6c7ccccc7c(-c7ccc8oc9cc%10ccccc%10cc9c8c7)c7ccccc67)c5c4c3)c3ccccc23)cc1. The Morgan fingerprint density at radius 1 is 0.219 bits per heavy atom. The van der Waals surface area contributed by atoms with Gasteiger partial charge in [-0.25, -0.2) is 0 Å². The third-order valence-electron chi connectivity index (χ3n) is 13.6. The highest BCUT2D eigenvalue weighted by Crippen LogP contribution is 2.49. The third kappa shape index (κ3) is 5.08. The van der Waals surface area contributed by atoms with Gasteiger partial charge in [0.2, 0.25) is 0 Å². The summed E-state index contributed by atoms with van der Waals surface area (Å²) in [5.41, 5.74) is 13.2. The van der Waals surface area contributed by atoms with Crippen molar-refractivity contribution in [3.05, 3.63) is 218 Å². The molecule has 0 saturated carbocycles. The van der Waals surface area contributed by atoms with Gasteiger partial charge in [-0.15, -0.1) is 0 Å². The van der Waals surface area contributed by atoms with Crippen LogP contribution < -0.4 is 0 Å². The summed E-state index contributed by atoms with van der Waals surface area (Å²) in [6.07, 6.45) is 0. The van der Waals surface area contributed by atoms with Crippen LogP contribution in [-0.2, 0) is 0 Å². The van der Waals surface area contributed by atoms with E-state index in [1.807, 2.05) is 0 Å². The van der Waals surface area contributed by atoms with Gasteiger partial charge in [-0.05, 0) is 141 Å². The molecular weight excluding hydrogens is 777 g/mol. The summed E-state index contributed by atoms with van der Waals surface area (Å²) in [6, 6.07) is 79.3. The summed E-state index contributed by atoms with van der Waals surface area (Å²) in [5.74, 6) is 0. The highest BCUT2D eigenvalue weighted by molar-refractivity contribution is 6.27. The lowest BCUT2D eigenvalue weighted by Crippen LogP contribution is -1.91. The summed E-state index contributed by atoms with van der Waals surface area (Å²) in [6.45, 7) is 0. The van der Waals surface area contributed by atoms with Gasteiger partial charge in [0.05, 0.1) is 0 Å². The first-order chi connectivity index (χ1) is 31.7. The predicted octanol–water partition coefficient (Wildman–Crippen LogP) is 17.9. The number of hydrogen-bond donors (Lipinski definition) is 0. The molecule has 296 valence electrons. The van der Waals surface area contributed by atoms with Gasteiger partial charge in [-0.2, -0.15) is 0 Å². The molecule has 0 bridgehead atoms. The van der Waals surface area contributed by atoms with Crippen LogP contribution >= 0.6 is 0 Å². The molecule has 0 atom stereocenters. The highest BCUT2D eigenvalue weighted by atomic mass is 16.3. The zero-order valence-electron chi connectivity index (χ0n) is 34.6. The van der Waals surface area contributed by atoms with Crippen LogP contribution in [0.4, 0.5) is 0 Å². The van der Waals surface area contributed by atoms with Crippen molar-refractivity contribution in [2.75, 3.05) is 0 Å². The lowest BCUT2D eigenvalue weighted by atomic mass is 9.84. The molecule has 64 heavy (non-hydrogen) atoms. The minimum atomic E-state index is 0.874. The maximum Gasteiger partial charge on any atom is 0.136 e. The first-order valence-corrected chi connectivity index (χ1v) is 22.0. The molecule has 14 aromatic rings. The van der Waals surface area contributed by atoms with E-state index in [1.165, 1.54) is 81.7 Å². The predicted molar refractivity (Wildman–Crippen MR) is 270 cm³/mol. The van der Waals surface area contributed by atoms with Crippen molar-refractivity contribution in [3.63, 3.8) is 0 Å². The molecule has 0 aliphatic carbocycles. The van der Waals surface area contributed by atoms with Crippen molar-refractivity contribution in [2.24, 2.45) is 0 Å². The molecule has 0 spiro atoms. The largest absolute Gasteiger partial charge is 0.456 e. The standard InChI is InChI=1S/C62H36O2/c1-2-15-37(16-3-1)58-42-19-6-8-21-44(42)60(45-22-9-7-20-43(45)58)41-30-32-55-53(35-41)62-50(27-14-28-56(62)63-55)61-48-25-12-10-23-46(48)59(47-24-11-13-26-49(47)61)40-29-31-54-51(34-40)52-33-38-17-4-5-18-39(38)36-57(52)64-54/h1-36H. The summed E-state index contributed by atoms with van der Waals surface area (Å²) >= 11 is 0. The molecule has 2 nitrogen and oxygen atoms in total. The Kier molecular flexibility index (Phi) is 7.43. The van der Waals surface area contributed by atoms with Crippen LogP contribution in [0.1, 0.15) is 0 Å². The number of benzene rings is 12. The lowest BCUT2D eigenvalue weighted by Gasteiger charge is -2.18. The number of furan rings is 2. The molecule has 0 amide bonds. The number of rotatable bonds is 4. The zero-order chi connectivity index (χ0) is 41.9. The van der Waals surface area contributed by atoms with Crippen LogP contribution in [0.2, 0.25) is 0 Å². The Balaban J connectivity index is 1.02. The van der Waals surface area contributed by atoms with Gasteiger partial charge in [0.25, 0.3) is 0 Å². The summed E-state index contributed by atoms with van der Waals surface area (Å²) in [7, 11) is 0. The van der Waals surface area contributed by atoms with E-state index in [9.17, 15) is 0 Å². The average molecular weight is 813 g/mol. The van der Waals surface area contributed by atoms with E-state index in [0.717, 1.165) is 60.6 Å². The van der Waals surface area contributed by atoms with Crippen LogP contribution in [0.5, 0.6) is 0 Å². The second-order valence-corrected chi connectivity index (χ2v) is 17.0. The Bertz CT molecular complexity index is 4130. The summed E-state index contributed by atoms with van der Waals surface area (Å²) < 4.78 is 13.2. The molecule has 12 aromatic carbocycles. The van der Waals surface area contributed by atoms with E-state index < -0.39 is 0 Å². The quantitative estimate of drug-likeness (QED) is 0.166. The zero-order valence-corrected chi connectivity index (χ0v) is 34.6. The fourth-order valence-corrected chi connectivity index (χ4v) is 10.9. The van der Waals surface area contributed by atoms with E-state index in [1.54, 1.807) is 0 Å². The van der Waals surface area contributed by atoms with Crippen LogP contribution in [0.25, 0.3) is 142 Å². The minimum Gasteiger partial charge on any atom is -0.456 e. The van der Waals surface area contributed by atoms with Gasteiger partial charge in [-0.3, -0.25) is 0 Å². The van der Waals surface area contributed by atoms with Crippen molar-refractivity contribution < 1.29 is 8.83 Å². The van der Waals surface area contributed by atoms with Crippen molar-refractivity contribution in [1.29, 1.82) is 0 Å². The highest BCUT2D eigenvalue weighted by Gasteiger charge is 2.23. The third-order valence-corrected chi connectivity index (χ3v) is 13.6. The normalized spacial score (nSPS) is 12.1. The second-order valence-electron chi connectivity index (χ2n) is 17.0. The van der Waals surface area contributed by atoms with Crippen LogP contribution in [0.3, 0.4) is 0 Å². The molecule has 0 aliphatic rings. The van der Waals surface area contributed by atoms with Gasteiger partial charge in [0.1, 0.15) is 22.3 Å². The maximum absolute atomic E-state index is 6.76. The van der Waals surface area contributed by atoms with Gasteiger partial charge in [0, 0.05) is 21.5 Å². The smallest absolute Gasteiger partial charge is 0.136 e. The van der Waals surface area contributed by atoms with E-state index in [-0.39, 0.29) is 0 Å². The molecule has 0 saturated heterocycles. The molecule has 0 radical (unpaired) electrons. The Labute approximate surface area is 367 Å². The summed E-state index contributed by atoms with van der Waals surface area (Å²) in [4.78, 5) is 0. The molecule has 0 N–H and O–H groups in total. The Morgan fingerprint density at radius 2 is 0.641 bits per heavy atom. The number of hydrogen-bond acceptors (Lipinski definition) is 2. The van der Waals surface area contributed by atoms with Gasteiger partial charge >= 0.3 is 0 Å². The van der Waals surface area contributed by atoms with Crippen molar-refractivity contribution in [2.45, 2.75) is 0 Å². The van der Waals surface area contributed by atoms with Gasteiger partial charge < -0.3 is 8.83 Å². The van der Waals surface area contributed by atoms with Crippen molar-refractivity contribution >= 4 is 97.7 Å². The van der Waals surface area contributed by atoms with Crippen LogP contribution in [0, 0.1) is 0 Å². The summed E-state index contributed by atoms with van der Waals surface area (Å²) in [5, 5.41) is 16.6. The van der Waals surface area contributed by atoms with Crippen LogP contribution in [-0.4, -0.2) is 0 Å². The first kappa shape index (κ1) is 35.2. The van der Waals surface area contributed by atoms with E-state index in [4.69, 9.17) is 8.83 Å². The molecule has 2 heterocycles. The first-order valence-electron chi connectivity index (χ1n) is 22.0. The maximum atomic E-state index is 6.76. The average Bonchev–Trinajstić information content (AvgIpc) is 3.91. The Hall–Kier alpha value is -8.46. The van der Waals surface area contributed by atoms with Crippen LogP contribution in [0.15, 0.2) is 227 Å². The lowest BCUT2D eigenvalue weighted by molar-refractivity contribution is 0.669. The molecule has 2 aromatic heterocycles. The molecule has 2 heteroatoms. The monoisotopic (exact) mass is 812 g/mol. The van der Waals surface area contributed by atoms with Crippen molar-refractivity contribution in [3.8, 4) is 44.5 Å². The molecule has 0 aliphatic heterocycles. The minimum absolute atomic E-state index is 0.874. The molecule has 0 unspecified atom stereocenters. The van der Waals surface area contributed by atoms with E-state index in [2.05, 4.69) is 218 Å². The van der Waals surface area contributed by atoms with E-state index >= 15 is 0 Å². The fourth-order valence-electron chi connectivity index (χ4n) is 10.9. The fraction of sp³-hybridized carbons (Fsp3) is 0. The Morgan fingerprint density at radius 3 is 1.20 bits per heavy atom. The van der Waals surface area contributed by atoms with E-state index in [0.29, 0.717) is 0 Å². The van der Waals surface area contributed by atoms with Crippen molar-refractivity contribution in [1.82, 2.24) is 0 Å².